The quantitative estimate of drug-likeness (QED) is 0.784. The van der Waals surface area contributed by atoms with Crippen LogP contribution < -0.4 is 5.32 Å². The van der Waals surface area contributed by atoms with Crippen molar-refractivity contribution >= 4 is 17.5 Å². The van der Waals surface area contributed by atoms with Gasteiger partial charge in [0.25, 0.3) is 5.91 Å². The Morgan fingerprint density at radius 3 is 2.66 bits per heavy atom. The van der Waals surface area contributed by atoms with E-state index in [1.165, 1.54) is 23.8 Å². The molecule has 0 aliphatic carbocycles. The fourth-order valence-corrected chi connectivity index (χ4v) is 4.49. The van der Waals surface area contributed by atoms with Gasteiger partial charge in [0.15, 0.2) is 0 Å². The van der Waals surface area contributed by atoms with Gasteiger partial charge in [-0.15, -0.1) is 0 Å². The van der Waals surface area contributed by atoms with Gasteiger partial charge in [-0.25, -0.2) is 4.39 Å². The van der Waals surface area contributed by atoms with E-state index in [0.717, 1.165) is 45.3 Å². The van der Waals surface area contributed by atoms with Crippen LogP contribution in [0, 0.1) is 5.82 Å². The second-order valence-electron chi connectivity index (χ2n) is 8.06. The molecule has 1 N–H and O–H groups in total. The first-order chi connectivity index (χ1) is 14.0. The summed E-state index contributed by atoms with van der Waals surface area (Å²) in [4.78, 5) is 14.8. The summed E-state index contributed by atoms with van der Waals surface area (Å²) in [6.07, 6.45) is 4.06. The van der Waals surface area contributed by atoms with Crippen molar-refractivity contribution in [2.75, 3.05) is 19.6 Å². The fourth-order valence-electron chi connectivity index (χ4n) is 4.31. The molecular formula is C23H26ClFN2O2. The predicted molar refractivity (Wildman–Crippen MR) is 112 cm³/mol. The lowest BCUT2D eigenvalue weighted by atomic mass is 9.88. The highest BCUT2D eigenvalue weighted by atomic mass is 35.5. The molecule has 2 saturated heterocycles. The Morgan fingerprint density at radius 2 is 1.93 bits per heavy atom. The van der Waals surface area contributed by atoms with Crippen LogP contribution in [0.1, 0.15) is 41.6 Å². The molecule has 1 spiro atoms. The maximum absolute atomic E-state index is 13.3. The molecule has 0 bridgehead atoms. The number of piperidine rings is 1. The Hall–Kier alpha value is -1.95. The number of nitrogens with one attached hydrogen (secondary N) is 1. The van der Waals surface area contributed by atoms with Gasteiger partial charge in [-0.05, 0) is 49.4 Å². The van der Waals surface area contributed by atoms with Gasteiger partial charge >= 0.3 is 0 Å². The van der Waals surface area contributed by atoms with E-state index in [1.54, 1.807) is 0 Å². The highest BCUT2D eigenvalue weighted by Gasteiger charge is 2.42. The number of ether oxygens (including phenoxy) is 1. The lowest BCUT2D eigenvalue weighted by molar-refractivity contribution is -0.0764. The van der Waals surface area contributed by atoms with Crippen LogP contribution in [0.3, 0.4) is 0 Å². The molecule has 1 atom stereocenters. The van der Waals surface area contributed by atoms with Crippen molar-refractivity contribution in [3.05, 3.63) is 70.5 Å². The Morgan fingerprint density at radius 1 is 1.17 bits per heavy atom. The first-order valence-corrected chi connectivity index (χ1v) is 10.6. The highest BCUT2D eigenvalue weighted by Crippen LogP contribution is 2.39. The minimum absolute atomic E-state index is 0.0237. The minimum Gasteiger partial charge on any atom is -0.370 e. The molecule has 154 valence electrons. The molecule has 2 aromatic carbocycles. The summed E-state index contributed by atoms with van der Waals surface area (Å²) in [6, 6.07) is 14.6. The average molecular weight is 417 g/mol. The van der Waals surface area contributed by atoms with E-state index in [0.29, 0.717) is 12.1 Å². The van der Waals surface area contributed by atoms with Crippen molar-refractivity contribution in [1.29, 1.82) is 0 Å². The summed E-state index contributed by atoms with van der Waals surface area (Å²) in [5.41, 5.74) is 1.65. The first-order valence-electron chi connectivity index (χ1n) is 10.2. The third-order valence-electron chi connectivity index (χ3n) is 6.03. The fraction of sp³-hybridized carbons (Fsp3) is 0.435. The van der Waals surface area contributed by atoms with E-state index in [-0.39, 0.29) is 22.6 Å². The van der Waals surface area contributed by atoms with Crippen molar-refractivity contribution in [2.45, 2.75) is 43.9 Å². The number of hydrogen-bond acceptors (Lipinski definition) is 3. The summed E-state index contributed by atoms with van der Waals surface area (Å²) >= 11 is 5.76. The number of nitrogens with zero attached hydrogens (tertiary/aromatic N) is 1. The predicted octanol–water partition coefficient (Wildman–Crippen LogP) is 4.42. The Labute approximate surface area is 176 Å². The highest BCUT2D eigenvalue weighted by molar-refractivity contribution is 6.31. The zero-order valence-corrected chi connectivity index (χ0v) is 17.1. The molecule has 1 amide bonds. The monoisotopic (exact) mass is 416 g/mol. The molecule has 2 aliphatic heterocycles. The van der Waals surface area contributed by atoms with Crippen molar-refractivity contribution in [1.82, 2.24) is 10.2 Å². The van der Waals surface area contributed by atoms with E-state index in [2.05, 4.69) is 34.5 Å². The van der Waals surface area contributed by atoms with Gasteiger partial charge in [-0.3, -0.25) is 9.69 Å². The zero-order chi connectivity index (χ0) is 20.3. The smallest absolute Gasteiger partial charge is 0.251 e. The summed E-state index contributed by atoms with van der Waals surface area (Å²) in [5.74, 6) is -0.781. The molecular weight excluding hydrogens is 391 g/mol. The molecule has 29 heavy (non-hydrogen) atoms. The minimum atomic E-state index is -0.525. The maximum atomic E-state index is 13.3. The van der Waals surface area contributed by atoms with Gasteiger partial charge in [0.1, 0.15) is 5.82 Å². The van der Waals surface area contributed by atoms with Crippen LogP contribution in [-0.2, 0) is 11.3 Å². The maximum Gasteiger partial charge on any atom is 0.251 e. The van der Waals surface area contributed by atoms with E-state index < -0.39 is 5.82 Å². The molecule has 0 unspecified atom stereocenters. The Kier molecular flexibility index (Phi) is 6.18. The van der Waals surface area contributed by atoms with Crippen LogP contribution in [0.15, 0.2) is 48.5 Å². The Balaban J connectivity index is 1.24. The van der Waals surface area contributed by atoms with Gasteiger partial charge in [0.2, 0.25) is 0 Å². The summed E-state index contributed by atoms with van der Waals surface area (Å²) in [7, 11) is 0. The summed E-state index contributed by atoms with van der Waals surface area (Å²) in [6.45, 7) is 3.50. The average Bonchev–Trinajstić information content (AvgIpc) is 3.13. The van der Waals surface area contributed by atoms with Gasteiger partial charge < -0.3 is 10.1 Å². The van der Waals surface area contributed by atoms with Crippen molar-refractivity contribution in [3.63, 3.8) is 0 Å². The topological polar surface area (TPSA) is 41.6 Å². The second-order valence-corrected chi connectivity index (χ2v) is 8.47. The summed E-state index contributed by atoms with van der Waals surface area (Å²) in [5, 5.41) is 2.85. The largest absolute Gasteiger partial charge is 0.370 e. The van der Waals surface area contributed by atoms with Crippen molar-refractivity contribution < 1.29 is 13.9 Å². The number of hydrogen-bond donors (Lipinski definition) is 1. The molecule has 0 radical (unpaired) electrons. The number of carbonyl (C=O) groups excluding carboxylic acids is 1. The number of halogens is 2. The van der Waals surface area contributed by atoms with Gasteiger partial charge in [-0.1, -0.05) is 41.9 Å². The van der Waals surface area contributed by atoms with Crippen LogP contribution in [0.4, 0.5) is 4.39 Å². The van der Waals surface area contributed by atoms with E-state index in [1.807, 2.05) is 6.07 Å². The van der Waals surface area contributed by atoms with Crippen LogP contribution in [0.25, 0.3) is 0 Å². The molecule has 4 nitrogen and oxygen atoms in total. The lowest BCUT2D eigenvalue weighted by Gasteiger charge is -2.39. The molecule has 0 aromatic heterocycles. The standard InChI is InChI=1S/C23H26ClFN2O2/c24-20-14-18(6-7-21(20)25)22(28)26-15-19-8-9-23(29-19)10-12-27(13-11-23)16-17-4-2-1-3-5-17/h1-7,14,19H,8-13,15-16H2,(H,26,28)/t19-/m0/s1. The van der Waals surface area contributed by atoms with Crippen LogP contribution in [-0.4, -0.2) is 42.1 Å². The molecule has 4 rings (SSSR count). The van der Waals surface area contributed by atoms with Crippen LogP contribution >= 0.6 is 11.6 Å². The molecule has 2 aromatic rings. The SMILES string of the molecule is O=C(NC[C@@H]1CCC2(CCN(Cc3ccccc3)CC2)O1)c1ccc(F)c(Cl)c1. The molecule has 0 saturated carbocycles. The lowest BCUT2D eigenvalue weighted by Crippen LogP contribution is -2.44. The number of likely N-dealkylation sites (tertiary alicyclic amines) is 1. The molecule has 2 fully saturated rings. The first kappa shape index (κ1) is 20.3. The second kappa shape index (κ2) is 8.82. The summed E-state index contributed by atoms with van der Waals surface area (Å²) < 4.78 is 19.6. The third kappa shape index (κ3) is 4.97. The molecule has 6 heteroatoms. The van der Waals surface area contributed by atoms with Gasteiger partial charge in [0.05, 0.1) is 16.7 Å². The van der Waals surface area contributed by atoms with Crippen LogP contribution in [0.5, 0.6) is 0 Å². The van der Waals surface area contributed by atoms with Gasteiger partial charge in [0, 0.05) is 31.7 Å². The van der Waals surface area contributed by atoms with Crippen LogP contribution in [0.2, 0.25) is 5.02 Å². The van der Waals surface area contributed by atoms with E-state index >= 15 is 0 Å². The molecule has 2 heterocycles. The number of carbonyl (C=O) groups is 1. The zero-order valence-electron chi connectivity index (χ0n) is 16.4. The number of amides is 1. The number of rotatable bonds is 5. The van der Waals surface area contributed by atoms with Crippen molar-refractivity contribution in [3.8, 4) is 0 Å². The molecule has 2 aliphatic rings. The van der Waals surface area contributed by atoms with Crippen molar-refractivity contribution in [2.24, 2.45) is 0 Å². The van der Waals surface area contributed by atoms with E-state index in [9.17, 15) is 9.18 Å². The number of benzene rings is 2. The Bertz CT molecular complexity index is 853. The normalized spacial score (nSPS) is 21.4. The van der Waals surface area contributed by atoms with E-state index in [4.69, 9.17) is 16.3 Å². The van der Waals surface area contributed by atoms with Gasteiger partial charge in [-0.2, -0.15) is 0 Å². The third-order valence-corrected chi connectivity index (χ3v) is 6.32.